The van der Waals surface area contributed by atoms with Gasteiger partial charge >= 0.3 is 0 Å². The Labute approximate surface area is 109 Å². The van der Waals surface area contributed by atoms with Crippen molar-refractivity contribution in [3.05, 3.63) is 24.9 Å². The summed E-state index contributed by atoms with van der Waals surface area (Å²) >= 11 is 0. The van der Waals surface area contributed by atoms with E-state index in [1.807, 2.05) is 6.08 Å². The summed E-state index contributed by atoms with van der Waals surface area (Å²) in [6.07, 6.45) is 11.2. The van der Waals surface area contributed by atoms with E-state index in [0.717, 1.165) is 13.0 Å². The van der Waals surface area contributed by atoms with Gasteiger partial charge in [-0.05, 0) is 18.8 Å². The number of hydrogen-bond donors (Lipinski definition) is 0. The predicted octanol–water partition coefficient (Wildman–Crippen LogP) is 5.00. The number of unbranched alkanes of at least 4 members (excludes halogenated alkanes) is 5. The van der Waals surface area contributed by atoms with Gasteiger partial charge in [-0.2, -0.15) is 0 Å². The normalized spacial score (nSPS) is 12.2. The Kier molecular flexibility index (Phi) is 9.99. The third-order valence-corrected chi connectivity index (χ3v) is 3.43. The zero-order valence-electron chi connectivity index (χ0n) is 12.2. The van der Waals surface area contributed by atoms with Crippen LogP contribution in [0.4, 0.5) is 0 Å². The Morgan fingerprint density at radius 2 is 1.76 bits per heavy atom. The lowest BCUT2D eigenvalue weighted by Crippen LogP contribution is -2.22. The Morgan fingerprint density at radius 3 is 2.35 bits per heavy atom. The summed E-state index contributed by atoms with van der Waals surface area (Å²) in [6, 6.07) is 0. The summed E-state index contributed by atoms with van der Waals surface area (Å²) in [6.45, 7) is 13.6. The van der Waals surface area contributed by atoms with Gasteiger partial charge in [0.15, 0.2) is 0 Å². The van der Waals surface area contributed by atoms with Crippen LogP contribution in [-0.2, 0) is 0 Å². The molecule has 0 amide bonds. The van der Waals surface area contributed by atoms with Crippen molar-refractivity contribution < 1.29 is 0 Å². The average Bonchev–Trinajstić information content (AvgIpc) is 2.32. The largest absolute Gasteiger partial charge is 0.378 e. The number of nitrogens with zero attached hydrogens (tertiary/aromatic N) is 1. The molecule has 0 heterocycles. The van der Waals surface area contributed by atoms with E-state index in [4.69, 9.17) is 0 Å². The molecule has 0 aliphatic rings. The van der Waals surface area contributed by atoms with Gasteiger partial charge in [0.1, 0.15) is 0 Å². The van der Waals surface area contributed by atoms with Crippen molar-refractivity contribution in [1.82, 2.24) is 4.90 Å². The van der Waals surface area contributed by atoms with Crippen LogP contribution in [0.3, 0.4) is 0 Å². The summed E-state index contributed by atoms with van der Waals surface area (Å²) in [5.41, 5.74) is 1.25. The molecular weight excluding hydrogens is 206 g/mol. The van der Waals surface area contributed by atoms with Gasteiger partial charge in [-0.15, -0.1) is 6.58 Å². The summed E-state index contributed by atoms with van der Waals surface area (Å²) in [7, 11) is 2.16. The molecule has 0 aromatic carbocycles. The first kappa shape index (κ1) is 16.3. The monoisotopic (exact) mass is 237 g/mol. The fourth-order valence-electron chi connectivity index (χ4n) is 2.04. The van der Waals surface area contributed by atoms with E-state index in [-0.39, 0.29) is 0 Å². The Morgan fingerprint density at radius 1 is 1.18 bits per heavy atom. The minimum atomic E-state index is 0.526. The molecule has 0 fully saturated rings. The molecular formula is C16H31N. The first-order chi connectivity index (χ1) is 8.13. The van der Waals surface area contributed by atoms with Crippen molar-refractivity contribution >= 4 is 0 Å². The fourth-order valence-corrected chi connectivity index (χ4v) is 2.04. The third kappa shape index (κ3) is 8.06. The number of hydrogen-bond acceptors (Lipinski definition) is 1. The number of rotatable bonds is 11. The SMILES string of the molecule is C=CCC(C)C(=C)N(C)CCCCCCCC. The van der Waals surface area contributed by atoms with E-state index in [9.17, 15) is 0 Å². The van der Waals surface area contributed by atoms with E-state index in [2.05, 4.69) is 39.0 Å². The van der Waals surface area contributed by atoms with Gasteiger partial charge in [-0.25, -0.2) is 0 Å². The predicted molar refractivity (Wildman–Crippen MR) is 79.1 cm³/mol. The third-order valence-electron chi connectivity index (χ3n) is 3.43. The molecule has 100 valence electrons. The molecule has 1 unspecified atom stereocenters. The second kappa shape index (κ2) is 10.4. The van der Waals surface area contributed by atoms with Crippen molar-refractivity contribution in [3.63, 3.8) is 0 Å². The molecule has 0 aliphatic carbocycles. The smallest absolute Gasteiger partial charge is 0.0171 e. The zero-order valence-corrected chi connectivity index (χ0v) is 12.2. The lowest BCUT2D eigenvalue weighted by molar-refractivity contribution is 0.355. The van der Waals surface area contributed by atoms with Crippen molar-refractivity contribution in [2.45, 2.75) is 58.8 Å². The van der Waals surface area contributed by atoms with Crippen LogP contribution in [0.15, 0.2) is 24.9 Å². The molecule has 1 nitrogen and oxygen atoms in total. The van der Waals surface area contributed by atoms with Gasteiger partial charge in [0.05, 0.1) is 0 Å². The highest BCUT2D eigenvalue weighted by Crippen LogP contribution is 2.17. The van der Waals surface area contributed by atoms with Crippen LogP contribution in [0.2, 0.25) is 0 Å². The number of allylic oxidation sites excluding steroid dienone is 2. The first-order valence-electron chi connectivity index (χ1n) is 7.14. The highest BCUT2D eigenvalue weighted by molar-refractivity contribution is 4.99. The second-order valence-electron chi connectivity index (χ2n) is 5.11. The lowest BCUT2D eigenvalue weighted by Gasteiger charge is -2.25. The average molecular weight is 237 g/mol. The van der Waals surface area contributed by atoms with Gasteiger partial charge in [0, 0.05) is 19.3 Å². The molecule has 0 spiro atoms. The summed E-state index contributed by atoms with van der Waals surface area (Å²) in [5.74, 6) is 0.526. The molecule has 0 rings (SSSR count). The zero-order chi connectivity index (χ0) is 13.1. The van der Waals surface area contributed by atoms with Crippen molar-refractivity contribution in [2.75, 3.05) is 13.6 Å². The standard InChI is InChI=1S/C16H31N/c1-6-8-9-10-11-12-14-17(5)16(4)15(3)13-7-2/h7,15H,2,4,6,8-14H2,1,3,5H3. The highest BCUT2D eigenvalue weighted by Gasteiger charge is 2.08. The van der Waals surface area contributed by atoms with E-state index in [0.29, 0.717) is 5.92 Å². The van der Waals surface area contributed by atoms with E-state index >= 15 is 0 Å². The van der Waals surface area contributed by atoms with Gasteiger partial charge < -0.3 is 4.90 Å². The minimum absolute atomic E-state index is 0.526. The molecule has 0 aromatic rings. The summed E-state index contributed by atoms with van der Waals surface area (Å²) < 4.78 is 0. The first-order valence-corrected chi connectivity index (χ1v) is 7.14. The van der Waals surface area contributed by atoms with Crippen LogP contribution in [0.25, 0.3) is 0 Å². The van der Waals surface area contributed by atoms with Gasteiger partial charge in [-0.1, -0.05) is 58.6 Å². The Bertz CT molecular complexity index is 208. The van der Waals surface area contributed by atoms with Crippen LogP contribution in [0.5, 0.6) is 0 Å². The molecule has 1 atom stereocenters. The van der Waals surface area contributed by atoms with Gasteiger partial charge in [0.25, 0.3) is 0 Å². The fraction of sp³-hybridized carbons (Fsp3) is 0.750. The van der Waals surface area contributed by atoms with Crippen molar-refractivity contribution in [3.8, 4) is 0 Å². The molecule has 0 saturated heterocycles. The van der Waals surface area contributed by atoms with Crippen LogP contribution >= 0.6 is 0 Å². The van der Waals surface area contributed by atoms with Gasteiger partial charge in [-0.3, -0.25) is 0 Å². The van der Waals surface area contributed by atoms with E-state index < -0.39 is 0 Å². The van der Waals surface area contributed by atoms with Crippen molar-refractivity contribution in [1.29, 1.82) is 0 Å². The topological polar surface area (TPSA) is 3.24 Å². The Hall–Kier alpha value is -0.720. The molecule has 0 N–H and O–H groups in total. The summed E-state index contributed by atoms with van der Waals surface area (Å²) in [5, 5.41) is 0. The maximum Gasteiger partial charge on any atom is 0.0171 e. The molecule has 0 saturated carbocycles. The highest BCUT2D eigenvalue weighted by atomic mass is 15.1. The van der Waals surface area contributed by atoms with Crippen LogP contribution in [-0.4, -0.2) is 18.5 Å². The molecule has 1 heteroatoms. The maximum absolute atomic E-state index is 4.18. The molecule has 17 heavy (non-hydrogen) atoms. The quantitative estimate of drug-likeness (QED) is 0.361. The molecule has 0 aliphatic heterocycles. The molecule has 0 aromatic heterocycles. The lowest BCUT2D eigenvalue weighted by atomic mass is 10.0. The molecule has 0 radical (unpaired) electrons. The van der Waals surface area contributed by atoms with E-state index in [1.165, 1.54) is 44.2 Å². The second-order valence-corrected chi connectivity index (χ2v) is 5.11. The van der Waals surface area contributed by atoms with Crippen molar-refractivity contribution in [2.24, 2.45) is 5.92 Å². The van der Waals surface area contributed by atoms with E-state index in [1.54, 1.807) is 0 Å². The minimum Gasteiger partial charge on any atom is -0.378 e. The van der Waals surface area contributed by atoms with Gasteiger partial charge in [0.2, 0.25) is 0 Å². The van der Waals surface area contributed by atoms with Crippen LogP contribution < -0.4 is 0 Å². The molecule has 0 bridgehead atoms. The summed E-state index contributed by atoms with van der Waals surface area (Å²) in [4.78, 5) is 2.31. The Balaban J connectivity index is 3.60. The van der Waals surface area contributed by atoms with Crippen LogP contribution in [0.1, 0.15) is 58.8 Å². The maximum atomic E-state index is 4.18. The van der Waals surface area contributed by atoms with Crippen LogP contribution in [0, 0.1) is 5.92 Å².